The van der Waals surface area contributed by atoms with Crippen LogP contribution in [-0.2, 0) is 20.7 Å². The molecular formula is C14H21N3O3. The maximum atomic E-state index is 11.6. The van der Waals surface area contributed by atoms with Crippen molar-refractivity contribution in [3.63, 3.8) is 0 Å². The molecule has 6 heteroatoms. The molecule has 0 bridgehead atoms. The predicted molar refractivity (Wildman–Crippen MR) is 78.6 cm³/mol. The number of hydrogen-bond donors (Lipinski definition) is 3. The van der Waals surface area contributed by atoms with Gasteiger partial charge >= 0.3 is 0 Å². The van der Waals surface area contributed by atoms with Crippen molar-refractivity contribution in [2.75, 3.05) is 30.9 Å². The summed E-state index contributed by atoms with van der Waals surface area (Å²) in [4.78, 5) is 23.1. The highest BCUT2D eigenvalue weighted by Crippen LogP contribution is 2.22. The molecule has 2 amide bonds. The first-order chi connectivity index (χ1) is 9.60. The fraction of sp³-hybridized carbons (Fsp3) is 0.429. The van der Waals surface area contributed by atoms with Gasteiger partial charge in [-0.1, -0.05) is 13.0 Å². The SMILES string of the molecule is CCc1ccc(NC(=O)COC)cc1NC(=O)CCN. The molecule has 0 aliphatic carbocycles. The van der Waals surface area contributed by atoms with Crippen molar-refractivity contribution in [3.05, 3.63) is 23.8 Å². The van der Waals surface area contributed by atoms with Crippen LogP contribution in [0.25, 0.3) is 0 Å². The molecule has 4 N–H and O–H groups in total. The second-order valence-electron chi connectivity index (χ2n) is 4.29. The Kier molecular flexibility index (Phi) is 6.69. The molecule has 20 heavy (non-hydrogen) atoms. The third kappa shape index (κ3) is 4.99. The first-order valence-electron chi connectivity index (χ1n) is 6.52. The molecule has 110 valence electrons. The number of methoxy groups -OCH3 is 1. The second kappa shape index (κ2) is 8.29. The number of nitrogens with one attached hydrogen (secondary N) is 2. The zero-order valence-electron chi connectivity index (χ0n) is 11.9. The lowest BCUT2D eigenvalue weighted by Gasteiger charge is -2.12. The van der Waals surface area contributed by atoms with Gasteiger partial charge in [0.05, 0.1) is 0 Å². The molecule has 1 aromatic carbocycles. The average molecular weight is 279 g/mol. The molecule has 0 heterocycles. The summed E-state index contributed by atoms with van der Waals surface area (Å²) in [5.41, 5.74) is 7.66. The Morgan fingerprint density at radius 2 is 2.00 bits per heavy atom. The first-order valence-corrected chi connectivity index (χ1v) is 6.52. The average Bonchev–Trinajstić information content (AvgIpc) is 2.39. The van der Waals surface area contributed by atoms with E-state index in [1.165, 1.54) is 7.11 Å². The Morgan fingerprint density at radius 1 is 1.25 bits per heavy atom. The number of amides is 2. The number of hydrogen-bond acceptors (Lipinski definition) is 4. The minimum absolute atomic E-state index is 0.00953. The Balaban J connectivity index is 2.85. The van der Waals surface area contributed by atoms with Crippen LogP contribution in [-0.4, -0.2) is 32.1 Å². The van der Waals surface area contributed by atoms with Gasteiger partial charge in [0.1, 0.15) is 6.61 Å². The van der Waals surface area contributed by atoms with Crippen molar-refractivity contribution in [1.82, 2.24) is 0 Å². The van der Waals surface area contributed by atoms with E-state index in [0.717, 1.165) is 12.0 Å². The molecule has 0 unspecified atom stereocenters. The first kappa shape index (κ1) is 16.1. The van der Waals surface area contributed by atoms with Crippen LogP contribution < -0.4 is 16.4 Å². The normalized spacial score (nSPS) is 10.2. The lowest BCUT2D eigenvalue weighted by atomic mass is 10.1. The van der Waals surface area contributed by atoms with E-state index >= 15 is 0 Å². The molecule has 0 atom stereocenters. The van der Waals surface area contributed by atoms with Gasteiger partial charge in [0, 0.05) is 31.5 Å². The second-order valence-corrected chi connectivity index (χ2v) is 4.29. The molecule has 0 radical (unpaired) electrons. The van der Waals surface area contributed by atoms with E-state index in [1.807, 2.05) is 13.0 Å². The topological polar surface area (TPSA) is 93.5 Å². The number of carbonyl (C=O) groups excluding carboxylic acids is 2. The Morgan fingerprint density at radius 3 is 2.60 bits per heavy atom. The van der Waals surface area contributed by atoms with Crippen LogP contribution in [0.15, 0.2) is 18.2 Å². The van der Waals surface area contributed by atoms with Crippen molar-refractivity contribution in [3.8, 4) is 0 Å². The van der Waals surface area contributed by atoms with Crippen molar-refractivity contribution < 1.29 is 14.3 Å². The number of ether oxygens (including phenoxy) is 1. The maximum absolute atomic E-state index is 11.6. The number of carbonyl (C=O) groups is 2. The number of aryl methyl sites for hydroxylation is 1. The van der Waals surface area contributed by atoms with Gasteiger partial charge in [-0.3, -0.25) is 9.59 Å². The largest absolute Gasteiger partial charge is 0.375 e. The van der Waals surface area contributed by atoms with Crippen molar-refractivity contribution >= 4 is 23.2 Å². The fourth-order valence-corrected chi connectivity index (χ4v) is 1.75. The summed E-state index contributed by atoms with van der Waals surface area (Å²) in [6, 6.07) is 5.41. The van der Waals surface area contributed by atoms with Gasteiger partial charge in [-0.15, -0.1) is 0 Å². The fourth-order valence-electron chi connectivity index (χ4n) is 1.75. The van der Waals surface area contributed by atoms with Gasteiger partial charge < -0.3 is 21.1 Å². The molecule has 6 nitrogen and oxygen atoms in total. The highest BCUT2D eigenvalue weighted by atomic mass is 16.5. The molecule has 0 aliphatic heterocycles. The van der Waals surface area contributed by atoms with Crippen LogP contribution >= 0.6 is 0 Å². The standard InChI is InChI=1S/C14H21N3O3/c1-3-10-4-5-11(16-14(19)9-20-2)8-12(10)17-13(18)6-7-15/h4-5,8H,3,6-7,9,15H2,1-2H3,(H,16,19)(H,17,18). The highest BCUT2D eigenvalue weighted by molar-refractivity contribution is 5.95. The summed E-state index contributed by atoms with van der Waals surface area (Å²) < 4.78 is 4.75. The van der Waals surface area contributed by atoms with E-state index in [2.05, 4.69) is 10.6 Å². The van der Waals surface area contributed by atoms with Crippen LogP contribution in [0.5, 0.6) is 0 Å². The molecular weight excluding hydrogens is 258 g/mol. The van der Waals surface area contributed by atoms with Gasteiger partial charge in [-0.05, 0) is 24.1 Å². The van der Waals surface area contributed by atoms with E-state index in [-0.39, 0.29) is 24.8 Å². The Bertz CT molecular complexity index is 475. The summed E-state index contributed by atoms with van der Waals surface area (Å²) in [5, 5.41) is 5.51. The monoisotopic (exact) mass is 279 g/mol. The van der Waals surface area contributed by atoms with E-state index in [0.29, 0.717) is 17.9 Å². The molecule has 0 fully saturated rings. The molecule has 0 aromatic heterocycles. The van der Waals surface area contributed by atoms with E-state index in [1.54, 1.807) is 12.1 Å². The third-order valence-corrected chi connectivity index (χ3v) is 2.70. The summed E-state index contributed by atoms with van der Waals surface area (Å²) in [6.45, 7) is 2.29. The van der Waals surface area contributed by atoms with Crippen molar-refractivity contribution in [2.24, 2.45) is 5.73 Å². The van der Waals surface area contributed by atoms with Crippen LogP contribution in [0, 0.1) is 0 Å². The van der Waals surface area contributed by atoms with E-state index in [4.69, 9.17) is 10.5 Å². The lowest BCUT2D eigenvalue weighted by Crippen LogP contribution is -2.19. The summed E-state index contributed by atoms with van der Waals surface area (Å²) >= 11 is 0. The summed E-state index contributed by atoms with van der Waals surface area (Å²) in [6.07, 6.45) is 1.05. The quantitative estimate of drug-likeness (QED) is 0.697. The number of anilines is 2. The van der Waals surface area contributed by atoms with Gasteiger partial charge in [-0.25, -0.2) is 0 Å². The molecule has 0 saturated heterocycles. The van der Waals surface area contributed by atoms with E-state index < -0.39 is 0 Å². The van der Waals surface area contributed by atoms with Crippen LogP contribution in [0.2, 0.25) is 0 Å². The zero-order valence-corrected chi connectivity index (χ0v) is 11.9. The summed E-state index contributed by atoms with van der Waals surface area (Å²) in [7, 11) is 1.46. The number of nitrogens with two attached hydrogens (primary N) is 1. The molecule has 0 saturated carbocycles. The zero-order chi connectivity index (χ0) is 15.0. The van der Waals surface area contributed by atoms with Gasteiger partial charge in [0.2, 0.25) is 11.8 Å². The minimum Gasteiger partial charge on any atom is -0.375 e. The predicted octanol–water partition coefficient (Wildman–Crippen LogP) is 1.12. The van der Waals surface area contributed by atoms with Crippen molar-refractivity contribution in [1.29, 1.82) is 0 Å². The van der Waals surface area contributed by atoms with Gasteiger partial charge in [0.25, 0.3) is 0 Å². The van der Waals surface area contributed by atoms with Gasteiger partial charge in [0.15, 0.2) is 0 Å². The Labute approximate surface area is 118 Å². The highest BCUT2D eigenvalue weighted by Gasteiger charge is 2.08. The van der Waals surface area contributed by atoms with Crippen LogP contribution in [0.3, 0.4) is 0 Å². The lowest BCUT2D eigenvalue weighted by molar-refractivity contribution is -0.119. The molecule has 0 spiro atoms. The van der Waals surface area contributed by atoms with Crippen LogP contribution in [0.4, 0.5) is 11.4 Å². The summed E-state index contributed by atoms with van der Waals surface area (Å²) in [5.74, 6) is -0.376. The van der Waals surface area contributed by atoms with Crippen LogP contribution in [0.1, 0.15) is 18.9 Å². The smallest absolute Gasteiger partial charge is 0.250 e. The number of benzene rings is 1. The number of rotatable bonds is 7. The molecule has 1 aromatic rings. The minimum atomic E-state index is -0.240. The molecule has 0 aliphatic rings. The maximum Gasteiger partial charge on any atom is 0.250 e. The Hall–Kier alpha value is -1.92. The molecule has 1 rings (SSSR count). The van der Waals surface area contributed by atoms with Gasteiger partial charge in [-0.2, -0.15) is 0 Å². The third-order valence-electron chi connectivity index (χ3n) is 2.70. The van der Waals surface area contributed by atoms with E-state index in [9.17, 15) is 9.59 Å². The van der Waals surface area contributed by atoms with Crippen molar-refractivity contribution in [2.45, 2.75) is 19.8 Å².